The fourth-order valence-electron chi connectivity index (χ4n) is 3.51. The summed E-state index contributed by atoms with van der Waals surface area (Å²) in [5.41, 5.74) is 5.92. The lowest BCUT2D eigenvalue weighted by Gasteiger charge is -2.29. The maximum Gasteiger partial charge on any atom is 0.255 e. The van der Waals surface area contributed by atoms with Crippen LogP contribution in [0.4, 0.5) is 11.4 Å². The smallest absolute Gasteiger partial charge is 0.255 e. The number of amides is 1. The van der Waals surface area contributed by atoms with Crippen LogP contribution in [0, 0.1) is 13.8 Å². The third-order valence-corrected chi connectivity index (χ3v) is 5.16. The number of carbonyl (C=O) groups is 1. The maximum atomic E-state index is 12.7. The van der Waals surface area contributed by atoms with Crippen molar-refractivity contribution >= 4 is 28.3 Å². The first-order valence-electron chi connectivity index (χ1n) is 9.51. The van der Waals surface area contributed by atoms with E-state index in [0.717, 1.165) is 41.2 Å². The van der Waals surface area contributed by atoms with Crippen molar-refractivity contribution in [2.75, 3.05) is 23.3 Å². The van der Waals surface area contributed by atoms with Gasteiger partial charge in [0.2, 0.25) is 0 Å². The summed E-state index contributed by atoms with van der Waals surface area (Å²) < 4.78 is 0. The lowest BCUT2D eigenvalue weighted by molar-refractivity contribution is 0.102. The summed E-state index contributed by atoms with van der Waals surface area (Å²) in [6.07, 6.45) is 3.76. The Balaban J connectivity index is 1.55. The summed E-state index contributed by atoms with van der Waals surface area (Å²) in [5.74, 6) is -0.132. The highest BCUT2D eigenvalue weighted by Gasteiger charge is 2.13. The highest BCUT2D eigenvalue weighted by Crippen LogP contribution is 2.23. The van der Waals surface area contributed by atoms with Crippen LogP contribution in [0.5, 0.6) is 0 Å². The quantitative estimate of drug-likeness (QED) is 0.748. The first kappa shape index (κ1) is 17.5. The van der Waals surface area contributed by atoms with Gasteiger partial charge in [-0.05, 0) is 69.5 Å². The summed E-state index contributed by atoms with van der Waals surface area (Å²) in [6.45, 7) is 6.04. The van der Waals surface area contributed by atoms with E-state index in [1.54, 1.807) is 12.1 Å². The maximum absolute atomic E-state index is 12.7. The zero-order chi connectivity index (χ0) is 18.8. The summed E-state index contributed by atoms with van der Waals surface area (Å²) in [7, 11) is 0. The number of aryl methyl sites for hydroxylation is 2. The van der Waals surface area contributed by atoms with Gasteiger partial charge in [-0.1, -0.05) is 6.07 Å². The van der Waals surface area contributed by atoms with Crippen LogP contribution < -0.4 is 10.2 Å². The number of aromatic nitrogens is 2. The molecule has 1 saturated heterocycles. The molecule has 1 aromatic heterocycles. The van der Waals surface area contributed by atoms with E-state index in [1.165, 1.54) is 24.9 Å². The summed E-state index contributed by atoms with van der Waals surface area (Å²) in [6, 6.07) is 13.6. The van der Waals surface area contributed by atoms with E-state index >= 15 is 0 Å². The van der Waals surface area contributed by atoms with Crippen molar-refractivity contribution in [3.63, 3.8) is 0 Å². The third-order valence-electron chi connectivity index (χ3n) is 5.16. The van der Waals surface area contributed by atoms with Crippen LogP contribution >= 0.6 is 0 Å². The number of rotatable bonds is 3. The fourth-order valence-corrected chi connectivity index (χ4v) is 3.51. The SMILES string of the molecule is Cc1nc2ccc(C(=O)Nc3cccc(N4CCCCC4)c3)cc2nc1C. The largest absolute Gasteiger partial charge is 0.371 e. The Morgan fingerprint density at radius 3 is 2.44 bits per heavy atom. The molecular weight excluding hydrogens is 336 g/mol. The minimum absolute atomic E-state index is 0.132. The monoisotopic (exact) mass is 360 g/mol. The van der Waals surface area contributed by atoms with Gasteiger partial charge in [-0.3, -0.25) is 4.79 Å². The van der Waals surface area contributed by atoms with E-state index in [4.69, 9.17) is 0 Å². The van der Waals surface area contributed by atoms with E-state index in [9.17, 15) is 4.79 Å². The highest BCUT2D eigenvalue weighted by atomic mass is 16.1. The van der Waals surface area contributed by atoms with E-state index in [1.807, 2.05) is 32.0 Å². The van der Waals surface area contributed by atoms with Crippen molar-refractivity contribution in [3.8, 4) is 0 Å². The number of nitrogens with one attached hydrogen (secondary N) is 1. The molecule has 27 heavy (non-hydrogen) atoms. The van der Waals surface area contributed by atoms with Crippen molar-refractivity contribution in [3.05, 3.63) is 59.4 Å². The van der Waals surface area contributed by atoms with Gasteiger partial charge in [-0.25, -0.2) is 9.97 Å². The Bertz CT molecular complexity index is 993. The Morgan fingerprint density at radius 1 is 0.926 bits per heavy atom. The van der Waals surface area contributed by atoms with Gasteiger partial charge >= 0.3 is 0 Å². The molecule has 1 aliphatic rings. The van der Waals surface area contributed by atoms with Gasteiger partial charge in [0.05, 0.1) is 22.4 Å². The van der Waals surface area contributed by atoms with Gasteiger partial charge in [0.25, 0.3) is 5.91 Å². The number of hydrogen-bond acceptors (Lipinski definition) is 4. The first-order valence-corrected chi connectivity index (χ1v) is 9.51. The molecule has 3 aromatic rings. The van der Waals surface area contributed by atoms with Crippen LogP contribution in [0.25, 0.3) is 11.0 Å². The van der Waals surface area contributed by atoms with Crippen molar-refractivity contribution in [2.24, 2.45) is 0 Å². The molecule has 138 valence electrons. The first-order chi connectivity index (χ1) is 13.1. The number of anilines is 2. The number of nitrogens with zero attached hydrogens (tertiary/aromatic N) is 3. The van der Waals surface area contributed by atoms with Crippen LogP contribution in [0.3, 0.4) is 0 Å². The molecule has 2 heterocycles. The van der Waals surface area contributed by atoms with Crippen LogP contribution in [0.1, 0.15) is 41.0 Å². The average molecular weight is 360 g/mol. The number of carbonyl (C=O) groups excluding carboxylic acids is 1. The highest BCUT2D eigenvalue weighted by molar-refractivity contribution is 6.06. The number of piperidine rings is 1. The fraction of sp³-hybridized carbons (Fsp3) is 0.318. The second kappa shape index (κ2) is 7.35. The molecule has 0 aliphatic carbocycles. The molecule has 1 fully saturated rings. The second-order valence-corrected chi connectivity index (χ2v) is 7.15. The predicted molar refractivity (Wildman–Crippen MR) is 109 cm³/mol. The molecule has 5 heteroatoms. The molecule has 0 radical (unpaired) electrons. The van der Waals surface area contributed by atoms with Crippen LogP contribution in [-0.4, -0.2) is 29.0 Å². The molecule has 0 saturated carbocycles. The van der Waals surface area contributed by atoms with Crippen molar-refractivity contribution in [2.45, 2.75) is 33.1 Å². The van der Waals surface area contributed by atoms with Crippen molar-refractivity contribution < 1.29 is 4.79 Å². The van der Waals surface area contributed by atoms with Crippen molar-refractivity contribution in [1.29, 1.82) is 0 Å². The Kier molecular flexibility index (Phi) is 4.75. The Morgan fingerprint density at radius 2 is 1.67 bits per heavy atom. The van der Waals surface area contributed by atoms with E-state index in [0.29, 0.717) is 5.56 Å². The lowest BCUT2D eigenvalue weighted by Crippen LogP contribution is -2.29. The molecule has 2 aromatic carbocycles. The Hall–Kier alpha value is -2.95. The average Bonchev–Trinajstić information content (AvgIpc) is 2.69. The summed E-state index contributed by atoms with van der Waals surface area (Å²) in [4.78, 5) is 24.2. The number of hydrogen-bond donors (Lipinski definition) is 1. The molecule has 4 rings (SSSR count). The van der Waals surface area contributed by atoms with Crippen LogP contribution in [0.2, 0.25) is 0 Å². The van der Waals surface area contributed by atoms with Gasteiger partial charge in [0.15, 0.2) is 0 Å². The lowest BCUT2D eigenvalue weighted by atomic mass is 10.1. The Labute approximate surface area is 159 Å². The minimum atomic E-state index is -0.132. The topological polar surface area (TPSA) is 58.1 Å². The van der Waals surface area contributed by atoms with Crippen LogP contribution in [-0.2, 0) is 0 Å². The van der Waals surface area contributed by atoms with Gasteiger partial charge in [-0.15, -0.1) is 0 Å². The van der Waals surface area contributed by atoms with E-state index in [2.05, 4.69) is 32.3 Å². The third kappa shape index (κ3) is 3.77. The summed E-state index contributed by atoms with van der Waals surface area (Å²) >= 11 is 0. The zero-order valence-electron chi connectivity index (χ0n) is 15.8. The molecule has 1 amide bonds. The van der Waals surface area contributed by atoms with Gasteiger partial charge < -0.3 is 10.2 Å². The van der Waals surface area contributed by atoms with Gasteiger partial charge in [0, 0.05) is 30.0 Å². The molecular formula is C22H24N4O. The predicted octanol–water partition coefficient (Wildman–Crippen LogP) is 4.49. The van der Waals surface area contributed by atoms with E-state index < -0.39 is 0 Å². The molecule has 0 spiro atoms. The molecule has 5 nitrogen and oxygen atoms in total. The number of fused-ring (bicyclic) bond motifs is 1. The molecule has 0 bridgehead atoms. The van der Waals surface area contributed by atoms with E-state index in [-0.39, 0.29) is 5.91 Å². The standard InChI is InChI=1S/C22H24N4O/c1-15-16(2)24-21-13-17(9-10-20(21)23-15)22(27)25-18-7-6-8-19(14-18)26-11-4-3-5-12-26/h6-10,13-14H,3-5,11-12H2,1-2H3,(H,25,27). The van der Waals surface area contributed by atoms with Crippen molar-refractivity contribution in [1.82, 2.24) is 9.97 Å². The summed E-state index contributed by atoms with van der Waals surface area (Å²) in [5, 5.41) is 3.01. The van der Waals surface area contributed by atoms with Gasteiger partial charge in [-0.2, -0.15) is 0 Å². The zero-order valence-corrected chi connectivity index (χ0v) is 15.8. The normalized spacial score (nSPS) is 14.4. The van der Waals surface area contributed by atoms with Crippen LogP contribution in [0.15, 0.2) is 42.5 Å². The minimum Gasteiger partial charge on any atom is -0.371 e. The molecule has 1 aliphatic heterocycles. The number of benzene rings is 2. The second-order valence-electron chi connectivity index (χ2n) is 7.15. The molecule has 0 atom stereocenters. The molecule has 1 N–H and O–H groups in total. The van der Waals surface area contributed by atoms with Gasteiger partial charge in [0.1, 0.15) is 0 Å². The molecule has 0 unspecified atom stereocenters.